The minimum atomic E-state index is -0.365. The van der Waals surface area contributed by atoms with Crippen LogP contribution in [0.5, 0.6) is 5.75 Å². The molecule has 3 aromatic carbocycles. The van der Waals surface area contributed by atoms with Crippen LogP contribution in [-0.4, -0.2) is 18.4 Å². The number of anilines is 2. The molecule has 1 N–H and O–H groups in total. The van der Waals surface area contributed by atoms with E-state index in [9.17, 15) is 9.59 Å². The third-order valence-electron chi connectivity index (χ3n) is 5.92. The number of benzene rings is 3. The van der Waals surface area contributed by atoms with Gasteiger partial charge in [0.15, 0.2) is 0 Å². The van der Waals surface area contributed by atoms with Crippen LogP contribution in [0, 0.1) is 27.7 Å². The van der Waals surface area contributed by atoms with Gasteiger partial charge in [-0.15, -0.1) is 0 Å². The Morgan fingerprint density at radius 3 is 2.15 bits per heavy atom. The van der Waals surface area contributed by atoms with Gasteiger partial charge < -0.3 is 10.1 Å². The number of hydrogen-bond donors (Lipinski definition) is 1. The van der Waals surface area contributed by atoms with Crippen molar-refractivity contribution in [2.24, 2.45) is 0 Å². The van der Waals surface area contributed by atoms with Gasteiger partial charge in [0.2, 0.25) is 0 Å². The molecule has 0 radical (unpaired) electrons. The van der Waals surface area contributed by atoms with E-state index in [1.54, 1.807) is 0 Å². The fourth-order valence-corrected chi connectivity index (χ4v) is 3.94. The summed E-state index contributed by atoms with van der Waals surface area (Å²) in [6.07, 6.45) is 0. The summed E-state index contributed by atoms with van der Waals surface area (Å²) in [5.74, 6) is 0.0541. The number of carbonyl (C=O) groups is 2. The predicted octanol–water partition coefficient (Wildman–Crippen LogP) is 5.72. The highest BCUT2D eigenvalue weighted by Crippen LogP contribution is 2.36. The van der Waals surface area contributed by atoms with Crippen molar-refractivity contribution in [3.8, 4) is 5.75 Å². The molecule has 0 saturated heterocycles. The van der Waals surface area contributed by atoms with Crippen LogP contribution in [0.1, 0.15) is 34.7 Å². The van der Waals surface area contributed by atoms with Crippen molar-refractivity contribution < 1.29 is 14.3 Å². The topological polar surface area (TPSA) is 58.6 Å². The first-order valence-electron chi connectivity index (χ1n) is 11.1. The lowest BCUT2D eigenvalue weighted by Crippen LogP contribution is -2.33. The summed E-state index contributed by atoms with van der Waals surface area (Å²) >= 11 is 0. The molecule has 1 aliphatic rings. The third kappa shape index (κ3) is 4.27. The van der Waals surface area contributed by atoms with Gasteiger partial charge in [0.25, 0.3) is 11.8 Å². The lowest BCUT2D eigenvalue weighted by molar-refractivity contribution is -0.120. The first kappa shape index (κ1) is 22.3. The molecular weight excluding hydrogens is 412 g/mol. The maximum Gasteiger partial charge on any atom is 0.282 e. The molecule has 0 saturated carbocycles. The lowest BCUT2D eigenvalue weighted by atomic mass is 9.99. The molecule has 5 nitrogen and oxygen atoms in total. The number of ether oxygens (including phenoxy) is 1. The smallest absolute Gasteiger partial charge is 0.282 e. The van der Waals surface area contributed by atoms with E-state index in [0.717, 1.165) is 33.6 Å². The van der Waals surface area contributed by atoms with E-state index in [0.29, 0.717) is 23.6 Å². The van der Waals surface area contributed by atoms with Gasteiger partial charge in [0.05, 0.1) is 17.9 Å². The molecule has 0 fully saturated rings. The van der Waals surface area contributed by atoms with E-state index >= 15 is 0 Å². The highest BCUT2D eigenvalue weighted by molar-refractivity contribution is 6.46. The molecule has 0 atom stereocenters. The van der Waals surface area contributed by atoms with Crippen LogP contribution < -0.4 is 15.0 Å². The third-order valence-corrected chi connectivity index (χ3v) is 5.92. The minimum Gasteiger partial charge on any atom is -0.494 e. The normalized spacial score (nSPS) is 13.7. The first-order valence-corrected chi connectivity index (χ1v) is 11.1. The quantitative estimate of drug-likeness (QED) is 0.499. The van der Waals surface area contributed by atoms with Crippen molar-refractivity contribution in [1.29, 1.82) is 0 Å². The second-order valence-electron chi connectivity index (χ2n) is 8.37. The van der Waals surface area contributed by atoms with Gasteiger partial charge in [0.1, 0.15) is 11.4 Å². The Balaban J connectivity index is 1.82. The number of carbonyl (C=O) groups excluding carboxylic acids is 2. The van der Waals surface area contributed by atoms with Gasteiger partial charge in [-0.05, 0) is 92.8 Å². The van der Waals surface area contributed by atoms with Crippen LogP contribution in [0.4, 0.5) is 11.4 Å². The molecular formula is C28H28N2O3. The van der Waals surface area contributed by atoms with Gasteiger partial charge in [0, 0.05) is 5.69 Å². The molecule has 4 rings (SSSR count). The average Bonchev–Trinajstić information content (AvgIpc) is 3.03. The number of amides is 2. The summed E-state index contributed by atoms with van der Waals surface area (Å²) in [5, 5.41) is 3.22. The highest BCUT2D eigenvalue weighted by atomic mass is 16.5. The molecule has 0 bridgehead atoms. The Kier molecular flexibility index (Phi) is 6.05. The molecule has 168 valence electrons. The molecule has 33 heavy (non-hydrogen) atoms. The van der Waals surface area contributed by atoms with Crippen molar-refractivity contribution in [3.05, 3.63) is 94.2 Å². The predicted molar refractivity (Wildman–Crippen MR) is 132 cm³/mol. The Morgan fingerprint density at radius 1 is 0.788 bits per heavy atom. The Labute approximate surface area is 194 Å². The standard InChI is InChI=1S/C28H28N2O3/c1-6-33-23-13-11-22(12-14-23)29-26-25(21-10-9-18(3)20(5)16-21)27(31)30(28(26)32)24-15-17(2)7-8-19(24)4/h7-16,29H,6H2,1-5H3. The van der Waals surface area contributed by atoms with E-state index in [-0.39, 0.29) is 17.5 Å². The fraction of sp³-hybridized carbons (Fsp3) is 0.214. The summed E-state index contributed by atoms with van der Waals surface area (Å²) < 4.78 is 5.51. The second kappa shape index (κ2) is 8.94. The summed E-state index contributed by atoms with van der Waals surface area (Å²) in [5.41, 5.74) is 6.72. The molecule has 5 heteroatoms. The molecule has 0 aromatic heterocycles. The lowest BCUT2D eigenvalue weighted by Gasteiger charge is -2.18. The number of hydrogen-bond acceptors (Lipinski definition) is 4. The molecule has 1 aliphatic heterocycles. The highest BCUT2D eigenvalue weighted by Gasteiger charge is 2.41. The van der Waals surface area contributed by atoms with Crippen LogP contribution in [0.15, 0.2) is 66.4 Å². The second-order valence-corrected chi connectivity index (χ2v) is 8.37. The largest absolute Gasteiger partial charge is 0.494 e. The van der Waals surface area contributed by atoms with Gasteiger partial charge in [-0.1, -0.05) is 30.3 Å². The minimum absolute atomic E-state index is 0.272. The van der Waals surface area contributed by atoms with Crippen molar-refractivity contribution in [2.75, 3.05) is 16.8 Å². The SMILES string of the molecule is CCOc1ccc(NC2=C(c3ccc(C)c(C)c3)C(=O)N(c3cc(C)ccc3C)C2=O)cc1. The van der Waals surface area contributed by atoms with E-state index < -0.39 is 0 Å². The Morgan fingerprint density at radius 2 is 1.48 bits per heavy atom. The number of nitrogens with one attached hydrogen (secondary N) is 1. The van der Waals surface area contributed by atoms with Gasteiger partial charge in [-0.2, -0.15) is 0 Å². The number of aryl methyl sites for hydroxylation is 4. The monoisotopic (exact) mass is 440 g/mol. The van der Waals surface area contributed by atoms with Crippen LogP contribution in [0.2, 0.25) is 0 Å². The molecule has 3 aromatic rings. The molecule has 0 spiro atoms. The zero-order valence-corrected chi connectivity index (χ0v) is 19.7. The molecule has 1 heterocycles. The van der Waals surface area contributed by atoms with Crippen molar-refractivity contribution in [1.82, 2.24) is 0 Å². The van der Waals surface area contributed by atoms with E-state index in [2.05, 4.69) is 5.32 Å². The summed E-state index contributed by atoms with van der Waals surface area (Å²) in [6, 6.07) is 19.0. The Bertz CT molecular complexity index is 1270. The summed E-state index contributed by atoms with van der Waals surface area (Å²) in [4.78, 5) is 28.6. The Hall–Kier alpha value is -3.86. The zero-order chi connectivity index (χ0) is 23.7. The van der Waals surface area contributed by atoms with Crippen molar-refractivity contribution in [2.45, 2.75) is 34.6 Å². The summed E-state index contributed by atoms with van der Waals surface area (Å²) in [6.45, 7) is 10.4. The van der Waals surface area contributed by atoms with E-state index in [4.69, 9.17) is 4.74 Å². The maximum atomic E-state index is 13.7. The first-order chi connectivity index (χ1) is 15.8. The van der Waals surface area contributed by atoms with Gasteiger partial charge >= 0.3 is 0 Å². The summed E-state index contributed by atoms with van der Waals surface area (Å²) in [7, 11) is 0. The molecule has 0 aliphatic carbocycles. The van der Waals surface area contributed by atoms with Crippen LogP contribution in [0.25, 0.3) is 5.57 Å². The van der Waals surface area contributed by atoms with Gasteiger partial charge in [-0.3, -0.25) is 9.59 Å². The zero-order valence-electron chi connectivity index (χ0n) is 19.7. The van der Waals surface area contributed by atoms with Crippen LogP contribution in [0.3, 0.4) is 0 Å². The fourth-order valence-electron chi connectivity index (χ4n) is 3.94. The van der Waals surface area contributed by atoms with E-state index in [1.165, 1.54) is 4.90 Å². The van der Waals surface area contributed by atoms with Crippen molar-refractivity contribution >= 4 is 28.8 Å². The number of rotatable bonds is 6. The molecule has 2 amide bonds. The number of imide groups is 1. The van der Waals surface area contributed by atoms with Crippen molar-refractivity contribution in [3.63, 3.8) is 0 Å². The van der Waals surface area contributed by atoms with Gasteiger partial charge in [-0.25, -0.2) is 4.90 Å². The van der Waals surface area contributed by atoms with Crippen LogP contribution in [-0.2, 0) is 9.59 Å². The van der Waals surface area contributed by atoms with Crippen LogP contribution >= 0.6 is 0 Å². The number of nitrogens with zero attached hydrogens (tertiary/aromatic N) is 1. The average molecular weight is 441 g/mol. The molecule has 0 unspecified atom stereocenters. The maximum absolute atomic E-state index is 13.7. The van der Waals surface area contributed by atoms with E-state index in [1.807, 2.05) is 95.3 Å².